The quantitative estimate of drug-likeness (QED) is 0.435. The fourth-order valence-corrected chi connectivity index (χ4v) is 5.89. The molecule has 0 unspecified atom stereocenters. The number of rotatable bonds is 5. The Balaban J connectivity index is 1.58. The van der Waals surface area contributed by atoms with Crippen LogP contribution in [0.5, 0.6) is 5.75 Å². The van der Waals surface area contributed by atoms with E-state index < -0.39 is 9.84 Å². The van der Waals surface area contributed by atoms with E-state index >= 15 is 0 Å². The summed E-state index contributed by atoms with van der Waals surface area (Å²) in [6, 6.07) is 20.5. The topological polar surface area (TPSA) is 64.0 Å². The predicted octanol–water partition coefficient (Wildman–Crippen LogP) is 3.96. The Morgan fingerprint density at radius 2 is 1.56 bits per heavy atom. The number of benzene rings is 3. The van der Waals surface area contributed by atoms with Crippen LogP contribution in [0.15, 0.2) is 88.8 Å². The third-order valence-corrected chi connectivity index (χ3v) is 7.99. The van der Waals surface area contributed by atoms with Crippen LogP contribution in [0, 0.1) is 5.82 Å². The third kappa shape index (κ3) is 4.05. The fraction of sp³-hybridized carbons (Fsp3) is 0.192. The van der Waals surface area contributed by atoms with Gasteiger partial charge >= 0.3 is 0 Å². The first-order chi connectivity index (χ1) is 16.5. The maximum atomic E-state index is 13.7. The molecule has 3 aromatic carbocycles. The van der Waals surface area contributed by atoms with Gasteiger partial charge in [0.25, 0.3) is 0 Å². The lowest BCUT2D eigenvalue weighted by Gasteiger charge is -2.38. The van der Waals surface area contributed by atoms with Gasteiger partial charge in [0.2, 0.25) is 15.4 Å². The standard InChI is InChI=1S/C26H24FN3O3S/c1-33-21-11-12-24-23(17-21)26(25(18-28-24)34(31,32)22-5-3-2-4-6-22)30-15-13-29(14-16-30)20-9-7-19(27)8-10-20/h2-12,17-18H,13-16H2,1H3/p+1. The summed E-state index contributed by atoms with van der Waals surface area (Å²) < 4.78 is 46.2. The summed E-state index contributed by atoms with van der Waals surface area (Å²) in [5.41, 5.74) is 2.44. The molecular weight excluding hydrogens is 453 g/mol. The third-order valence-electron chi connectivity index (χ3n) is 6.20. The molecule has 1 aliphatic rings. The van der Waals surface area contributed by atoms with Crippen molar-refractivity contribution in [1.29, 1.82) is 0 Å². The van der Waals surface area contributed by atoms with E-state index in [9.17, 15) is 12.8 Å². The van der Waals surface area contributed by atoms with Crippen LogP contribution in [-0.4, -0.2) is 41.7 Å². The fourth-order valence-electron chi connectivity index (χ4n) is 4.41. The number of fused-ring (bicyclic) bond motifs is 1. The lowest BCUT2D eigenvalue weighted by Crippen LogP contribution is -2.47. The van der Waals surface area contributed by atoms with E-state index in [1.165, 1.54) is 12.1 Å². The Labute approximate surface area is 198 Å². The average molecular weight is 479 g/mol. The van der Waals surface area contributed by atoms with Crippen molar-refractivity contribution in [3.63, 3.8) is 0 Å². The molecule has 0 amide bonds. The molecule has 6 nitrogen and oxygen atoms in total. The first-order valence-electron chi connectivity index (χ1n) is 11.1. The number of nitrogens with one attached hydrogen (secondary N) is 1. The molecule has 1 N–H and O–H groups in total. The second-order valence-electron chi connectivity index (χ2n) is 8.18. The van der Waals surface area contributed by atoms with Crippen LogP contribution in [0.25, 0.3) is 10.9 Å². The van der Waals surface area contributed by atoms with Gasteiger partial charge in [-0.1, -0.05) is 18.2 Å². The van der Waals surface area contributed by atoms with Gasteiger partial charge in [-0.2, -0.15) is 0 Å². The predicted molar refractivity (Wildman–Crippen MR) is 130 cm³/mol. The van der Waals surface area contributed by atoms with Crippen molar-refractivity contribution in [2.45, 2.75) is 9.79 Å². The second kappa shape index (κ2) is 8.95. The SMILES string of the molecule is COc1ccc2[nH+]cc(S(=O)(=O)c3ccccc3)c(N3CCN(c4ccc(F)cc4)CC3)c2c1. The van der Waals surface area contributed by atoms with Crippen LogP contribution >= 0.6 is 0 Å². The summed E-state index contributed by atoms with van der Waals surface area (Å²) in [5.74, 6) is 0.389. The van der Waals surface area contributed by atoms with Crippen LogP contribution in [0.1, 0.15) is 0 Å². The van der Waals surface area contributed by atoms with Gasteiger partial charge in [-0.15, -0.1) is 0 Å². The molecule has 1 fully saturated rings. The molecule has 0 bridgehead atoms. The minimum Gasteiger partial charge on any atom is -0.497 e. The van der Waals surface area contributed by atoms with Gasteiger partial charge in [-0.25, -0.2) is 17.8 Å². The monoisotopic (exact) mass is 478 g/mol. The van der Waals surface area contributed by atoms with E-state index in [1.807, 2.05) is 18.2 Å². The summed E-state index contributed by atoms with van der Waals surface area (Å²) in [4.78, 5) is 7.93. The molecule has 1 aliphatic heterocycles. The molecule has 4 aromatic rings. The summed E-state index contributed by atoms with van der Waals surface area (Å²) >= 11 is 0. The van der Waals surface area contributed by atoms with Gasteiger partial charge in [-0.3, -0.25) is 0 Å². The van der Waals surface area contributed by atoms with Gasteiger partial charge in [-0.05, 0) is 48.5 Å². The van der Waals surface area contributed by atoms with Crippen LogP contribution in [-0.2, 0) is 9.84 Å². The van der Waals surface area contributed by atoms with Crippen LogP contribution in [0.4, 0.5) is 15.8 Å². The van der Waals surface area contributed by atoms with E-state index in [0.717, 1.165) is 16.6 Å². The van der Waals surface area contributed by atoms with Gasteiger partial charge in [0.05, 0.1) is 23.1 Å². The first kappa shape index (κ1) is 22.2. The summed E-state index contributed by atoms with van der Waals surface area (Å²) in [7, 11) is -2.18. The van der Waals surface area contributed by atoms with Gasteiger partial charge in [0.1, 0.15) is 11.6 Å². The zero-order valence-corrected chi connectivity index (χ0v) is 19.6. The van der Waals surface area contributed by atoms with Crippen molar-refractivity contribution >= 4 is 32.1 Å². The Morgan fingerprint density at radius 3 is 2.24 bits per heavy atom. The van der Waals surface area contributed by atoms with Gasteiger partial charge in [0, 0.05) is 37.9 Å². The van der Waals surface area contributed by atoms with E-state index in [0.29, 0.717) is 37.6 Å². The Hall–Kier alpha value is -3.65. The molecule has 1 aromatic heterocycles. The summed E-state index contributed by atoms with van der Waals surface area (Å²) in [6.45, 7) is 2.59. The van der Waals surface area contributed by atoms with E-state index in [-0.39, 0.29) is 15.6 Å². The lowest BCUT2D eigenvalue weighted by molar-refractivity contribution is -0.347. The number of aromatic amines is 1. The molecule has 1 saturated heterocycles. The summed E-state index contributed by atoms with van der Waals surface area (Å²) in [5, 5.41) is 0.784. The lowest BCUT2D eigenvalue weighted by atomic mass is 10.1. The van der Waals surface area contributed by atoms with Gasteiger partial charge < -0.3 is 14.5 Å². The number of methoxy groups -OCH3 is 1. The molecule has 0 radical (unpaired) electrons. The van der Waals surface area contributed by atoms with Crippen molar-refractivity contribution in [1.82, 2.24) is 0 Å². The number of hydrogen-bond donors (Lipinski definition) is 0. The molecule has 2 heterocycles. The minimum absolute atomic E-state index is 0.231. The molecule has 0 atom stereocenters. The van der Waals surface area contributed by atoms with E-state index in [2.05, 4.69) is 14.8 Å². The largest absolute Gasteiger partial charge is 0.497 e. The number of ether oxygens (including phenoxy) is 1. The highest BCUT2D eigenvalue weighted by Gasteiger charge is 2.31. The van der Waals surface area contributed by atoms with Crippen LogP contribution in [0.2, 0.25) is 0 Å². The zero-order chi connectivity index (χ0) is 23.7. The number of anilines is 2. The molecule has 8 heteroatoms. The number of piperazine rings is 1. The van der Waals surface area contributed by atoms with Gasteiger partial charge in [0.15, 0.2) is 11.1 Å². The number of H-pyrrole nitrogens is 1. The van der Waals surface area contributed by atoms with Crippen molar-refractivity contribution in [3.05, 3.63) is 84.8 Å². The minimum atomic E-state index is -3.77. The number of hydrogen-bond acceptors (Lipinski definition) is 5. The average Bonchev–Trinajstić information content (AvgIpc) is 2.88. The highest BCUT2D eigenvalue weighted by molar-refractivity contribution is 7.91. The van der Waals surface area contributed by atoms with E-state index in [4.69, 9.17) is 4.74 Å². The number of nitrogens with zero attached hydrogens (tertiary/aromatic N) is 2. The van der Waals surface area contributed by atoms with Crippen molar-refractivity contribution < 1.29 is 22.5 Å². The zero-order valence-electron chi connectivity index (χ0n) is 18.7. The summed E-state index contributed by atoms with van der Waals surface area (Å²) in [6.07, 6.45) is 1.58. The maximum Gasteiger partial charge on any atom is 0.214 e. The smallest absolute Gasteiger partial charge is 0.214 e. The molecule has 0 aliphatic carbocycles. The molecule has 0 spiro atoms. The van der Waals surface area contributed by atoms with Crippen molar-refractivity contribution in [3.8, 4) is 5.75 Å². The molecule has 0 saturated carbocycles. The molecule has 174 valence electrons. The number of halogens is 1. The highest BCUT2D eigenvalue weighted by atomic mass is 32.2. The Kier molecular flexibility index (Phi) is 5.83. The Bertz CT molecular complexity index is 1420. The molecule has 5 rings (SSSR count). The first-order valence-corrected chi connectivity index (χ1v) is 12.5. The van der Waals surface area contributed by atoms with Crippen molar-refractivity contribution in [2.75, 3.05) is 43.1 Å². The molecule has 34 heavy (non-hydrogen) atoms. The number of aromatic nitrogens is 1. The molecular formula is C26H25FN3O3S+. The maximum absolute atomic E-state index is 13.7. The normalized spacial score (nSPS) is 14.4. The number of pyridine rings is 1. The van der Waals surface area contributed by atoms with E-state index in [1.54, 1.807) is 55.8 Å². The number of sulfone groups is 1. The Morgan fingerprint density at radius 1 is 0.882 bits per heavy atom. The second-order valence-corrected chi connectivity index (χ2v) is 10.1. The van der Waals surface area contributed by atoms with Crippen LogP contribution < -0.4 is 19.5 Å². The van der Waals surface area contributed by atoms with Crippen LogP contribution in [0.3, 0.4) is 0 Å². The van der Waals surface area contributed by atoms with Crippen molar-refractivity contribution in [2.24, 2.45) is 0 Å². The highest BCUT2D eigenvalue weighted by Crippen LogP contribution is 2.37.